The Morgan fingerprint density at radius 3 is 2.20 bits per heavy atom. The number of carbonyl (C=O) groups excluding carboxylic acids is 4. The van der Waals surface area contributed by atoms with Crippen LogP contribution in [0.4, 0.5) is 10.5 Å². The summed E-state index contributed by atoms with van der Waals surface area (Å²) in [6.45, 7) is 4.31. The SMILES string of the molecule is C[C@@H](NC(=O)N1C(=O)[C@@]2(c3cc(C#CCn4nnc5ccccc54)ccc31)[C@H](c1ccc(O)cc1)N1[C@H](c3ccccc3)[C@H](c3ccccc3)OC(=O)[C@H]1[C@@H]2C(=O)N1CCN(Cc2ccc3c(c2)OCO3)CC1)c1ccccc1. The van der Waals surface area contributed by atoms with E-state index < -0.39 is 65.4 Å². The van der Waals surface area contributed by atoms with E-state index in [1.165, 1.54) is 0 Å². The molecular formula is C63H54N8O8. The molecule has 13 rings (SSSR count). The molecule has 16 heteroatoms. The van der Waals surface area contributed by atoms with Gasteiger partial charge in [-0.15, -0.1) is 5.10 Å². The van der Waals surface area contributed by atoms with E-state index >= 15 is 19.2 Å². The molecule has 0 bridgehead atoms. The molecular weight excluding hydrogens is 997 g/mol. The van der Waals surface area contributed by atoms with Gasteiger partial charge in [-0.3, -0.25) is 24.2 Å². The maximum Gasteiger partial charge on any atom is 0.329 e. The number of fused-ring (bicyclic) bond motifs is 5. The first-order chi connectivity index (χ1) is 38.6. The van der Waals surface area contributed by atoms with Gasteiger partial charge < -0.3 is 29.5 Å². The van der Waals surface area contributed by atoms with Gasteiger partial charge in [0.25, 0.3) is 0 Å². The molecule has 4 amide bonds. The molecule has 394 valence electrons. The van der Waals surface area contributed by atoms with Crippen molar-refractivity contribution in [1.82, 2.24) is 35.0 Å². The Morgan fingerprint density at radius 1 is 0.747 bits per heavy atom. The zero-order chi connectivity index (χ0) is 53.8. The highest BCUT2D eigenvalue weighted by Gasteiger charge is 2.76. The van der Waals surface area contributed by atoms with E-state index in [1.54, 1.807) is 52.0 Å². The molecule has 0 saturated carbocycles. The number of benzene rings is 7. The van der Waals surface area contributed by atoms with Crippen molar-refractivity contribution in [2.24, 2.45) is 5.92 Å². The van der Waals surface area contributed by atoms with Crippen molar-refractivity contribution in [3.05, 3.63) is 215 Å². The third-order valence-corrected chi connectivity index (χ3v) is 16.2. The number of aromatic nitrogens is 3. The molecule has 5 aliphatic rings. The first kappa shape index (κ1) is 49.3. The van der Waals surface area contributed by atoms with Crippen LogP contribution in [0, 0.1) is 17.8 Å². The van der Waals surface area contributed by atoms with Gasteiger partial charge in [0, 0.05) is 38.3 Å². The second-order valence-corrected chi connectivity index (χ2v) is 20.6. The molecule has 6 heterocycles. The number of nitrogens with one attached hydrogen (secondary N) is 1. The van der Waals surface area contributed by atoms with Crippen LogP contribution in [-0.2, 0) is 37.6 Å². The molecule has 0 unspecified atom stereocenters. The van der Waals surface area contributed by atoms with Crippen molar-refractivity contribution in [2.45, 2.75) is 55.7 Å². The van der Waals surface area contributed by atoms with Crippen molar-refractivity contribution in [3.8, 4) is 29.1 Å². The highest BCUT2D eigenvalue weighted by atomic mass is 16.7. The third-order valence-electron chi connectivity index (χ3n) is 16.2. The number of phenolic OH excluding ortho intramolecular Hbond substituents is 1. The van der Waals surface area contributed by atoms with E-state index in [-0.39, 0.29) is 37.9 Å². The fourth-order valence-corrected chi connectivity index (χ4v) is 12.6. The summed E-state index contributed by atoms with van der Waals surface area (Å²) < 4.78 is 19.7. The Bertz CT molecular complexity index is 3710. The number of morpholine rings is 1. The molecule has 79 heavy (non-hydrogen) atoms. The lowest BCUT2D eigenvalue weighted by molar-refractivity contribution is -0.179. The number of ether oxygens (including phenoxy) is 3. The summed E-state index contributed by atoms with van der Waals surface area (Å²) in [5, 5.41) is 22.7. The van der Waals surface area contributed by atoms with Crippen LogP contribution in [-0.4, -0.2) is 97.6 Å². The quantitative estimate of drug-likeness (QED) is 0.105. The first-order valence-electron chi connectivity index (χ1n) is 26.5. The second kappa shape index (κ2) is 20.2. The van der Waals surface area contributed by atoms with E-state index in [0.717, 1.165) is 32.6 Å². The number of hydrogen-bond acceptors (Lipinski definition) is 12. The van der Waals surface area contributed by atoms with E-state index in [2.05, 4.69) is 32.4 Å². The zero-order valence-electron chi connectivity index (χ0n) is 43.1. The minimum atomic E-state index is -2.01. The molecule has 1 spiro atoms. The van der Waals surface area contributed by atoms with Crippen molar-refractivity contribution >= 4 is 40.5 Å². The molecule has 16 nitrogen and oxygen atoms in total. The zero-order valence-corrected chi connectivity index (χ0v) is 43.1. The number of cyclic esters (lactones) is 1. The van der Waals surface area contributed by atoms with Crippen LogP contribution >= 0.6 is 0 Å². The lowest BCUT2D eigenvalue weighted by Gasteiger charge is -2.46. The number of para-hydroxylation sites is 1. The standard InChI is InChI=1S/C63H54N8O8/c1-40(43-15-5-2-6-16-43)64-62(76)70-50-29-23-41(14-13-31-69-51-22-12-11-21-49(51)65-66-69)36-48(50)63(61(70)75)54(59(73)68-34-32-67(33-35-68)38-42-24-30-52-53(37-42)78-39-77-52)56-60(74)79-57(45-19-9-4-10-20-45)55(44-17-7-3-8-18-44)71(56)58(63)46-25-27-47(72)28-26-46/h2-12,15-30,36-37,40,54-58,72H,31-35,38-39H2,1H3,(H,64,76)/t40-,54-,55-,56-,57+,58+,63-/m1/s1. The Hall–Kier alpha value is -9.30. The smallest absolute Gasteiger partial charge is 0.329 e. The van der Waals surface area contributed by atoms with Crippen molar-refractivity contribution in [1.29, 1.82) is 0 Å². The Labute approximate surface area is 455 Å². The van der Waals surface area contributed by atoms with Gasteiger partial charge in [0.1, 0.15) is 35.4 Å². The molecule has 7 atom stereocenters. The fraction of sp³-hybridized carbons (Fsp3) is 0.238. The molecule has 0 radical (unpaired) electrons. The summed E-state index contributed by atoms with van der Waals surface area (Å²) in [4.78, 5) is 71.8. The van der Waals surface area contributed by atoms with Gasteiger partial charge in [0.05, 0.1) is 35.2 Å². The normalized spacial score (nSPS) is 22.7. The number of esters is 1. The average Bonchev–Trinajstić information content (AvgIpc) is 4.30. The minimum Gasteiger partial charge on any atom is -0.508 e. The Balaban J connectivity index is 0.996. The highest BCUT2D eigenvalue weighted by Crippen LogP contribution is 2.66. The Morgan fingerprint density at radius 2 is 1.44 bits per heavy atom. The molecule has 3 saturated heterocycles. The number of phenols is 1. The van der Waals surface area contributed by atoms with Crippen LogP contribution in [0.5, 0.6) is 17.2 Å². The number of carbonyl (C=O) groups is 4. The van der Waals surface area contributed by atoms with Crippen LogP contribution in [0.3, 0.4) is 0 Å². The number of urea groups is 1. The second-order valence-electron chi connectivity index (χ2n) is 20.6. The van der Waals surface area contributed by atoms with Gasteiger partial charge in [-0.25, -0.2) is 14.4 Å². The van der Waals surface area contributed by atoms with Gasteiger partial charge in [-0.05, 0) is 94.9 Å². The maximum absolute atomic E-state index is 17.0. The number of piperazine rings is 1. The monoisotopic (exact) mass is 1050 g/mol. The van der Waals surface area contributed by atoms with Crippen molar-refractivity contribution < 1.29 is 38.5 Å². The van der Waals surface area contributed by atoms with Gasteiger partial charge in [-0.1, -0.05) is 138 Å². The number of nitrogens with zero attached hydrogens (tertiary/aromatic N) is 7. The number of rotatable bonds is 9. The highest BCUT2D eigenvalue weighted by molar-refractivity contribution is 6.24. The summed E-state index contributed by atoms with van der Waals surface area (Å²) in [6, 6.07) is 49.4. The molecule has 5 aliphatic heterocycles. The number of anilines is 1. The fourth-order valence-electron chi connectivity index (χ4n) is 12.6. The van der Waals surface area contributed by atoms with Crippen LogP contribution < -0.4 is 19.7 Å². The van der Waals surface area contributed by atoms with E-state index in [4.69, 9.17) is 14.2 Å². The number of hydrogen-bond donors (Lipinski definition) is 2. The third kappa shape index (κ3) is 8.58. The molecule has 2 N–H and O–H groups in total. The maximum atomic E-state index is 17.0. The first-order valence-corrected chi connectivity index (χ1v) is 26.5. The molecule has 1 aromatic heterocycles. The topological polar surface area (TPSA) is 172 Å². The van der Waals surface area contributed by atoms with Crippen molar-refractivity contribution in [3.63, 3.8) is 0 Å². The molecule has 8 aromatic rings. The molecule has 0 aliphatic carbocycles. The van der Waals surface area contributed by atoms with Crippen LogP contribution in [0.25, 0.3) is 11.0 Å². The minimum absolute atomic E-state index is 0.0230. The predicted octanol–water partition coefficient (Wildman–Crippen LogP) is 8.40. The van der Waals surface area contributed by atoms with E-state index in [9.17, 15) is 5.11 Å². The van der Waals surface area contributed by atoms with E-state index in [1.807, 2.05) is 145 Å². The summed E-state index contributed by atoms with van der Waals surface area (Å²) >= 11 is 0. The van der Waals surface area contributed by atoms with Gasteiger partial charge in [0.2, 0.25) is 18.6 Å². The summed E-state index contributed by atoms with van der Waals surface area (Å²) in [6.07, 6.45) is -0.912. The molecule has 7 aromatic carbocycles. The predicted molar refractivity (Wildman–Crippen MR) is 292 cm³/mol. The van der Waals surface area contributed by atoms with Crippen LogP contribution in [0.15, 0.2) is 176 Å². The largest absolute Gasteiger partial charge is 0.508 e. The summed E-state index contributed by atoms with van der Waals surface area (Å²) in [7, 11) is 0. The number of imide groups is 1. The lowest BCUT2D eigenvalue weighted by Crippen LogP contribution is -2.59. The summed E-state index contributed by atoms with van der Waals surface area (Å²) in [5.74, 6) is 4.65. The molecule has 3 fully saturated rings. The average molecular weight is 1050 g/mol. The van der Waals surface area contributed by atoms with Crippen molar-refractivity contribution in [2.75, 3.05) is 37.9 Å². The number of amides is 4. The van der Waals surface area contributed by atoms with Crippen LogP contribution in [0.2, 0.25) is 0 Å². The van der Waals surface area contributed by atoms with Gasteiger partial charge >= 0.3 is 12.0 Å². The Kier molecular flexibility index (Phi) is 12.6. The van der Waals surface area contributed by atoms with E-state index in [0.29, 0.717) is 53.4 Å². The lowest BCUT2D eigenvalue weighted by atomic mass is 9.64. The van der Waals surface area contributed by atoms with Crippen LogP contribution in [0.1, 0.15) is 70.1 Å². The van der Waals surface area contributed by atoms with Gasteiger partial charge in [-0.2, -0.15) is 0 Å². The number of aromatic hydroxyl groups is 1. The van der Waals surface area contributed by atoms with Gasteiger partial charge in [0.15, 0.2) is 11.5 Å². The summed E-state index contributed by atoms with van der Waals surface area (Å²) in [5.41, 5.74) is 4.47.